The summed E-state index contributed by atoms with van der Waals surface area (Å²) < 4.78 is 9.80. The summed E-state index contributed by atoms with van der Waals surface area (Å²) in [5.41, 5.74) is 5.79. The quantitative estimate of drug-likeness (QED) is 0.744. The van der Waals surface area contributed by atoms with Crippen molar-refractivity contribution < 1.29 is 4.74 Å². The van der Waals surface area contributed by atoms with Gasteiger partial charge in [-0.1, -0.05) is 0 Å². The molecule has 2 aromatic heterocycles. The molecule has 1 aliphatic rings. The number of nitrogens with zero attached hydrogens (tertiary/aromatic N) is 5. The number of anilines is 1. The molecule has 9 heteroatoms. The van der Waals surface area contributed by atoms with Crippen molar-refractivity contribution in [3.8, 4) is 0 Å². The Hall–Kier alpha value is -2.13. The predicted octanol–water partition coefficient (Wildman–Crippen LogP) is -1.38. The molecule has 3 heterocycles. The van der Waals surface area contributed by atoms with Gasteiger partial charge < -0.3 is 19.9 Å². The van der Waals surface area contributed by atoms with Crippen LogP contribution in [-0.4, -0.2) is 51.5 Å². The van der Waals surface area contributed by atoms with Crippen LogP contribution >= 0.6 is 0 Å². The zero-order valence-corrected chi connectivity index (χ0v) is 13.5. The van der Waals surface area contributed by atoms with Crippen LogP contribution in [0.2, 0.25) is 0 Å². The van der Waals surface area contributed by atoms with Crippen LogP contribution in [-0.2, 0) is 25.4 Å². The molecule has 126 valence electrons. The third kappa shape index (κ3) is 2.55. The summed E-state index contributed by atoms with van der Waals surface area (Å²) in [6.45, 7) is 3.77. The van der Waals surface area contributed by atoms with Crippen LogP contribution in [0.5, 0.6) is 0 Å². The summed E-state index contributed by atoms with van der Waals surface area (Å²) in [7, 11) is 3.12. The second-order valence-corrected chi connectivity index (χ2v) is 5.68. The highest BCUT2D eigenvalue weighted by atomic mass is 16.5. The molecule has 0 aromatic carbocycles. The van der Waals surface area contributed by atoms with E-state index in [0.717, 1.165) is 11.0 Å². The summed E-state index contributed by atoms with van der Waals surface area (Å²) in [6.07, 6.45) is 0.731. The second kappa shape index (κ2) is 6.17. The van der Waals surface area contributed by atoms with Gasteiger partial charge in [0, 0.05) is 33.7 Å². The topological polar surface area (TPSA) is 100 Å². The number of aromatic nitrogens is 4. The van der Waals surface area contributed by atoms with Gasteiger partial charge in [-0.25, -0.2) is 4.79 Å². The van der Waals surface area contributed by atoms with Gasteiger partial charge in [0.2, 0.25) is 5.95 Å². The van der Waals surface area contributed by atoms with E-state index in [1.807, 2.05) is 4.57 Å². The van der Waals surface area contributed by atoms with Gasteiger partial charge in [-0.05, 0) is 13.0 Å². The summed E-state index contributed by atoms with van der Waals surface area (Å²) in [5.74, 6) is 0.704. The molecule has 3 rings (SSSR count). The van der Waals surface area contributed by atoms with Crippen LogP contribution in [0.1, 0.15) is 6.42 Å². The van der Waals surface area contributed by atoms with E-state index in [0.29, 0.717) is 56.5 Å². The number of hydrogen-bond acceptors (Lipinski definition) is 6. The molecule has 0 saturated carbocycles. The van der Waals surface area contributed by atoms with Crippen molar-refractivity contribution in [3.63, 3.8) is 0 Å². The standard InChI is InChI=1S/C14H22N6O3/c1-17-11-10(12(21)18(2)14(17)22)20(5-3-4-15)13(16-11)19-6-8-23-9-7-19/h3-9,15H2,1-2H3. The molecule has 1 saturated heterocycles. The Morgan fingerprint density at radius 1 is 1.17 bits per heavy atom. The first-order valence-corrected chi connectivity index (χ1v) is 7.75. The Bertz CT molecular complexity index is 828. The lowest BCUT2D eigenvalue weighted by Gasteiger charge is -2.28. The Kier molecular flexibility index (Phi) is 4.22. The van der Waals surface area contributed by atoms with Crippen molar-refractivity contribution in [1.29, 1.82) is 0 Å². The number of ether oxygens (including phenoxy) is 1. The molecular formula is C14H22N6O3. The number of rotatable bonds is 4. The smallest absolute Gasteiger partial charge is 0.332 e. The SMILES string of the molecule is Cn1c(=O)c2c(nc(N3CCOCC3)n2CCCN)n(C)c1=O. The molecule has 23 heavy (non-hydrogen) atoms. The molecule has 0 spiro atoms. The number of morpholine rings is 1. The van der Waals surface area contributed by atoms with Crippen LogP contribution in [0.25, 0.3) is 11.2 Å². The van der Waals surface area contributed by atoms with Gasteiger partial charge >= 0.3 is 5.69 Å². The lowest BCUT2D eigenvalue weighted by Crippen LogP contribution is -2.38. The third-order valence-electron chi connectivity index (χ3n) is 4.21. The van der Waals surface area contributed by atoms with Crippen LogP contribution < -0.4 is 21.9 Å². The molecule has 2 aromatic rings. The maximum atomic E-state index is 12.6. The van der Waals surface area contributed by atoms with E-state index in [1.54, 1.807) is 7.05 Å². The van der Waals surface area contributed by atoms with E-state index in [-0.39, 0.29) is 11.2 Å². The first-order chi connectivity index (χ1) is 11.1. The molecule has 0 aliphatic carbocycles. The number of aryl methyl sites for hydroxylation is 2. The monoisotopic (exact) mass is 322 g/mol. The first-order valence-electron chi connectivity index (χ1n) is 7.75. The third-order valence-corrected chi connectivity index (χ3v) is 4.21. The lowest BCUT2D eigenvalue weighted by molar-refractivity contribution is 0.121. The summed E-state index contributed by atoms with van der Waals surface area (Å²) >= 11 is 0. The minimum atomic E-state index is -0.375. The molecular weight excluding hydrogens is 300 g/mol. The maximum absolute atomic E-state index is 12.6. The van der Waals surface area contributed by atoms with Crippen LogP contribution in [0.4, 0.5) is 5.95 Å². The van der Waals surface area contributed by atoms with Crippen molar-refractivity contribution in [3.05, 3.63) is 20.8 Å². The van der Waals surface area contributed by atoms with Crippen molar-refractivity contribution in [2.24, 2.45) is 19.8 Å². The summed E-state index contributed by atoms with van der Waals surface area (Å²) in [6, 6.07) is 0. The first kappa shape index (κ1) is 15.8. The molecule has 0 bridgehead atoms. The number of fused-ring (bicyclic) bond motifs is 1. The zero-order chi connectivity index (χ0) is 16.6. The van der Waals surface area contributed by atoms with E-state index < -0.39 is 0 Å². The fourth-order valence-electron chi connectivity index (χ4n) is 2.90. The minimum absolute atomic E-state index is 0.327. The van der Waals surface area contributed by atoms with E-state index in [9.17, 15) is 9.59 Å². The molecule has 0 atom stereocenters. The van der Waals surface area contributed by atoms with Gasteiger partial charge in [-0.15, -0.1) is 0 Å². The van der Waals surface area contributed by atoms with E-state index >= 15 is 0 Å². The van der Waals surface area contributed by atoms with E-state index in [4.69, 9.17) is 10.5 Å². The average Bonchev–Trinajstić information content (AvgIpc) is 2.96. The highest BCUT2D eigenvalue weighted by molar-refractivity contribution is 5.74. The number of hydrogen-bond donors (Lipinski definition) is 1. The summed E-state index contributed by atoms with van der Waals surface area (Å²) in [4.78, 5) is 31.4. The largest absolute Gasteiger partial charge is 0.378 e. The van der Waals surface area contributed by atoms with Gasteiger partial charge in [0.05, 0.1) is 13.2 Å². The van der Waals surface area contributed by atoms with Crippen molar-refractivity contribution in [1.82, 2.24) is 18.7 Å². The van der Waals surface area contributed by atoms with Gasteiger partial charge in [0.15, 0.2) is 11.2 Å². The summed E-state index contributed by atoms with van der Waals surface area (Å²) in [5, 5.41) is 0. The van der Waals surface area contributed by atoms with Gasteiger partial charge in [-0.2, -0.15) is 4.98 Å². The molecule has 1 fully saturated rings. The number of imidazole rings is 1. The second-order valence-electron chi connectivity index (χ2n) is 5.68. The highest BCUT2D eigenvalue weighted by Crippen LogP contribution is 2.20. The van der Waals surface area contributed by atoms with Crippen LogP contribution in [0.15, 0.2) is 9.59 Å². The fourth-order valence-corrected chi connectivity index (χ4v) is 2.90. The van der Waals surface area contributed by atoms with E-state index in [2.05, 4.69) is 9.88 Å². The Labute approximate surface area is 132 Å². The lowest BCUT2D eigenvalue weighted by atomic mass is 10.4. The molecule has 0 unspecified atom stereocenters. The number of nitrogens with two attached hydrogens (primary N) is 1. The normalized spacial score (nSPS) is 15.5. The van der Waals surface area contributed by atoms with Crippen molar-refractivity contribution in [2.45, 2.75) is 13.0 Å². The van der Waals surface area contributed by atoms with Crippen molar-refractivity contribution >= 4 is 17.1 Å². The minimum Gasteiger partial charge on any atom is -0.378 e. The molecule has 9 nitrogen and oxygen atoms in total. The zero-order valence-electron chi connectivity index (χ0n) is 13.5. The Balaban J connectivity index is 2.26. The predicted molar refractivity (Wildman–Crippen MR) is 86.9 cm³/mol. The van der Waals surface area contributed by atoms with Crippen LogP contribution in [0.3, 0.4) is 0 Å². The van der Waals surface area contributed by atoms with Gasteiger partial charge in [-0.3, -0.25) is 13.9 Å². The Morgan fingerprint density at radius 2 is 1.87 bits per heavy atom. The van der Waals surface area contributed by atoms with Crippen molar-refractivity contribution in [2.75, 3.05) is 37.7 Å². The Morgan fingerprint density at radius 3 is 2.52 bits per heavy atom. The van der Waals surface area contributed by atoms with Gasteiger partial charge in [0.1, 0.15) is 0 Å². The molecule has 2 N–H and O–H groups in total. The maximum Gasteiger partial charge on any atom is 0.332 e. The van der Waals surface area contributed by atoms with E-state index in [1.165, 1.54) is 11.6 Å². The molecule has 0 radical (unpaired) electrons. The molecule has 0 amide bonds. The average molecular weight is 322 g/mol. The van der Waals surface area contributed by atoms with Gasteiger partial charge in [0.25, 0.3) is 5.56 Å². The van der Waals surface area contributed by atoms with Crippen LogP contribution in [0, 0.1) is 0 Å². The molecule has 1 aliphatic heterocycles. The fraction of sp³-hybridized carbons (Fsp3) is 0.643. The highest BCUT2D eigenvalue weighted by Gasteiger charge is 2.23.